The Bertz CT molecular complexity index is 919. The molecule has 1 saturated carbocycles. The molecular weight excluding hydrogens is 408 g/mol. The number of hydrogen-bond donors (Lipinski definition) is 1. The lowest BCUT2D eigenvalue weighted by molar-refractivity contribution is -0.136. The molecule has 0 radical (unpaired) electrons. The third kappa shape index (κ3) is 3.96. The maximum atomic E-state index is 13.1. The first-order valence-corrected chi connectivity index (χ1v) is 11.9. The quantitative estimate of drug-likeness (QED) is 0.703. The minimum atomic E-state index is -0.596. The number of nitrogens with zero attached hydrogens (tertiary/aromatic N) is 3. The Morgan fingerprint density at radius 1 is 1.03 bits per heavy atom. The van der Waals surface area contributed by atoms with Crippen LogP contribution in [0, 0.1) is 5.92 Å². The van der Waals surface area contributed by atoms with Gasteiger partial charge in [-0.1, -0.05) is 12.8 Å². The zero-order valence-electron chi connectivity index (χ0n) is 18.8. The van der Waals surface area contributed by atoms with Crippen molar-refractivity contribution in [1.82, 2.24) is 15.1 Å². The van der Waals surface area contributed by atoms with Gasteiger partial charge in [0.1, 0.15) is 11.8 Å². The van der Waals surface area contributed by atoms with Gasteiger partial charge in [0.25, 0.3) is 5.91 Å². The molecule has 2 saturated heterocycles. The number of piperazine rings is 1. The van der Waals surface area contributed by atoms with Crippen molar-refractivity contribution in [1.29, 1.82) is 0 Å². The molecule has 4 aliphatic rings. The second kappa shape index (κ2) is 8.73. The molecule has 8 heteroatoms. The molecule has 1 aliphatic carbocycles. The molecular formula is C24H32N4O4. The molecule has 1 atom stereocenters. The summed E-state index contributed by atoms with van der Waals surface area (Å²) >= 11 is 0. The maximum Gasteiger partial charge on any atom is 0.255 e. The van der Waals surface area contributed by atoms with Crippen molar-refractivity contribution in [2.45, 2.75) is 51.1 Å². The van der Waals surface area contributed by atoms with Crippen LogP contribution in [-0.4, -0.2) is 73.4 Å². The van der Waals surface area contributed by atoms with Crippen LogP contribution in [0.1, 0.15) is 54.4 Å². The number of rotatable bonds is 5. The lowest BCUT2D eigenvalue weighted by Gasteiger charge is -2.37. The van der Waals surface area contributed by atoms with Gasteiger partial charge < -0.3 is 14.5 Å². The Morgan fingerprint density at radius 3 is 2.47 bits per heavy atom. The van der Waals surface area contributed by atoms with Crippen LogP contribution < -0.4 is 15.0 Å². The number of imide groups is 1. The zero-order chi connectivity index (χ0) is 22.2. The van der Waals surface area contributed by atoms with E-state index < -0.39 is 6.04 Å². The summed E-state index contributed by atoms with van der Waals surface area (Å²) in [6.45, 7) is 5.55. The smallest absolute Gasteiger partial charge is 0.255 e. The fourth-order valence-corrected chi connectivity index (χ4v) is 5.72. The zero-order valence-corrected chi connectivity index (χ0v) is 18.8. The van der Waals surface area contributed by atoms with Gasteiger partial charge in [-0.2, -0.15) is 0 Å². The van der Waals surface area contributed by atoms with Gasteiger partial charge in [-0.25, -0.2) is 0 Å². The van der Waals surface area contributed by atoms with Gasteiger partial charge in [0, 0.05) is 51.3 Å². The molecule has 1 aromatic rings. The van der Waals surface area contributed by atoms with E-state index in [1.165, 1.54) is 32.2 Å². The van der Waals surface area contributed by atoms with E-state index in [1.54, 1.807) is 12.0 Å². The molecule has 8 nitrogen and oxygen atoms in total. The van der Waals surface area contributed by atoms with Crippen LogP contribution in [0.15, 0.2) is 12.1 Å². The monoisotopic (exact) mass is 440 g/mol. The predicted molar refractivity (Wildman–Crippen MR) is 120 cm³/mol. The van der Waals surface area contributed by atoms with E-state index in [0.29, 0.717) is 24.3 Å². The summed E-state index contributed by atoms with van der Waals surface area (Å²) in [4.78, 5) is 43.4. The highest BCUT2D eigenvalue weighted by Crippen LogP contribution is 2.37. The number of fused-ring (bicyclic) bond motifs is 1. The van der Waals surface area contributed by atoms with E-state index in [2.05, 4.69) is 21.2 Å². The highest BCUT2D eigenvalue weighted by atomic mass is 16.5. The van der Waals surface area contributed by atoms with E-state index >= 15 is 0 Å². The molecule has 32 heavy (non-hydrogen) atoms. The molecule has 0 bridgehead atoms. The van der Waals surface area contributed by atoms with Gasteiger partial charge >= 0.3 is 0 Å². The highest BCUT2D eigenvalue weighted by Gasteiger charge is 2.40. The van der Waals surface area contributed by atoms with Crippen LogP contribution in [0.3, 0.4) is 0 Å². The molecule has 1 aromatic carbocycles. The highest BCUT2D eigenvalue weighted by molar-refractivity contribution is 6.05. The Morgan fingerprint density at radius 2 is 1.78 bits per heavy atom. The molecule has 172 valence electrons. The number of benzene rings is 1. The molecule has 1 N–H and O–H groups in total. The second-order valence-electron chi connectivity index (χ2n) is 9.52. The summed E-state index contributed by atoms with van der Waals surface area (Å²) in [5.41, 5.74) is 2.53. The number of piperidine rings is 1. The van der Waals surface area contributed by atoms with Gasteiger partial charge in [0.15, 0.2) is 0 Å². The fraction of sp³-hybridized carbons (Fsp3) is 0.625. The summed E-state index contributed by atoms with van der Waals surface area (Å²) in [5.74, 6) is 0.743. The summed E-state index contributed by atoms with van der Waals surface area (Å²) in [6, 6.07) is 3.29. The lowest BCUT2D eigenvalue weighted by atomic mass is 10.0. The fourth-order valence-electron chi connectivity index (χ4n) is 5.72. The molecule has 3 fully saturated rings. The van der Waals surface area contributed by atoms with Crippen LogP contribution in [0.5, 0.6) is 5.75 Å². The Labute approximate surface area is 188 Å². The summed E-state index contributed by atoms with van der Waals surface area (Å²) in [5, 5.41) is 2.36. The number of hydrogen-bond acceptors (Lipinski definition) is 6. The predicted octanol–water partition coefficient (Wildman–Crippen LogP) is 1.77. The van der Waals surface area contributed by atoms with Gasteiger partial charge in [-0.05, 0) is 42.9 Å². The van der Waals surface area contributed by atoms with Crippen molar-refractivity contribution in [2.75, 3.05) is 44.7 Å². The average molecular weight is 441 g/mol. The van der Waals surface area contributed by atoms with E-state index in [-0.39, 0.29) is 24.1 Å². The first-order valence-electron chi connectivity index (χ1n) is 11.9. The van der Waals surface area contributed by atoms with Crippen molar-refractivity contribution >= 4 is 23.4 Å². The van der Waals surface area contributed by atoms with Gasteiger partial charge in [0.2, 0.25) is 11.8 Å². The van der Waals surface area contributed by atoms with Crippen molar-refractivity contribution in [3.05, 3.63) is 23.3 Å². The number of carbonyl (C=O) groups is 3. The third-order valence-corrected chi connectivity index (χ3v) is 7.53. The second-order valence-corrected chi connectivity index (χ2v) is 9.52. The summed E-state index contributed by atoms with van der Waals surface area (Å²) < 4.78 is 5.67. The molecule has 3 heterocycles. The van der Waals surface area contributed by atoms with Crippen LogP contribution in [0.25, 0.3) is 0 Å². The van der Waals surface area contributed by atoms with Crippen molar-refractivity contribution < 1.29 is 19.1 Å². The Balaban J connectivity index is 1.30. The first-order chi connectivity index (χ1) is 15.5. The Kier molecular flexibility index (Phi) is 5.80. The number of methoxy groups -OCH3 is 1. The Hall–Kier alpha value is -2.61. The summed E-state index contributed by atoms with van der Waals surface area (Å²) in [7, 11) is 1.64. The first kappa shape index (κ1) is 21.2. The third-order valence-electron chi connectivity index (χ3n) is 7.53. The largest absolute Gasteiger partial charge is 0.495 e. The van der Waals surface area contributed by atoms with Crippen LogP contribution in [0.4, 0.5) is 5.69 Å². The minimum Gasteiger partial charge on any atom is -0.495 e. The standard InChI is InChI=1S/C24H32N4O4/c1-32-21-13-18-17(15-28(24(18)31)19-6-7-22(29)25-23(19)30)12-20(21)27-10-8-26(9-11-27)14-16-4-2-3-5-16/h12-13,16,19H,2-11,14-15H2,1H3,(H,25,29,30). The van der Waals surface area contributed by atoms with Gasteiger partial charge in [-0.15, -0.1) is 0 Å². The summed E-state index contributed by atoms with van der Waals surface area (Å²) in [6.07, 6.45) is 6.14. The average Bonchev–Trinajstić information content (AvgIpc) is 3.41. The van der Waals surface area contributed by atoms with E-state index in [0.717, 1.165) is 43.3 Å². The topological polar surface area (TPSA) is 82.2 Å². The van der Waals surface area contributed by atoms with Gasteiger partial charge in [-0.3, -0.25) is 24.6 Å². The number of amides is 3. The molecule has 3 amide bonds. The van der Waals surface area contributed by atoms with E-state index in [1.807, 2.05) is 6.07 Å². The molecule has 5 rings (SSSR count). The number of anilines is 1. The van der Waals surface area contributed by atoms with Crippen LogP contribution in [0.2, 0.25) is 0 Å². The van der Waals surface area contributed by atoms with Gasteiger partial charge in [0.05, 0.1) is 12.8 Å². The number of ether oxygens (including phenoxy) is 1. The number of nitrogens with one attached hydrogen (secondary N) is 1. The molecule has 3 aliphatic heterocycles. The minimum absolute atomic E-state index is 0.166. The van der Waals surface area contributed by atoms with Crippen molar-refractivity contribution in [3.63, 3.8) is 0 Å². The molecule has 0 aromatic heterocycles. The van der Waals surface area contributed by atoms with Crippen molar-refractivity contribution in [3.8, 4) is 5.75 Å². The molecule has 1 unspecified atom stereocenters. The maximum absolute atomic E-state index is 13.1. The lowest BCUT2D eigenvalue weighted by Crippen LogP contribution is -2.52. The number of carbonyl (C=O) groups excluding carboxylic acids is 3. The van der Waals surface area contributed by atoms with Crippen molar-refractivity contribution in [2.24, 2.45) is 5.92 Å². The normalized spacial score (nSPS) is 24.8. The SMILES string of the molecule is COc1cc2c(cc1N1CCN(CC3CCCC3)CC1)CN(C1CCC(=O)NC1=O)C2=O. The van der Waals surface area contributed by atoms with Crippen LogP contribution >= 0.6 is 0 Å². The van der Waals surface area contributed by atoms with E-state index in [4.69, 9.17) is 4.74 Å². The van der Waals surface area contributed by atoms with Crippen LogP contribution in [-0.2, 0) is 16.1 Å². The molecule has 0 spiro atoms. The van der Waals surface area contributed by atoms with E-state index in [9.17, 15) is 14.4 Å².